The average Bonchev–Trinajstić information content (AvgIpc) is 2.86. The fourth-order valence-electron chi connectivity index (χ4n) is 2.47. The number of benzene rings is 1. The Labute approximate surface area is 134 Å². The number of carbonyl (C=O) groups is 1. The van der Waals surface area contributed by atoms with Gasteiger partial charge >= 0.3 is 0 Å². The summed E-state index contributed by atoms with van der Waals surface area (Å²) < 4.78 is 6.40. The van der Waals surface area contributed by atoms with Crippen molar-refractivity contribution in [3.8, 4) is 5.75 Å². The molecule has 0 heterocycles. The first-order valence-electron chi connectivity index (χ1n) is 6.53. The van der Waals surface area contributed by atoms with Gasteiger partial charge in [0.05, 0.1) is 5.54 Å². The van der Waals surface area contributed by atoms with Crippen LogP contribution in [-0.2, 0) is 4.79 Å². The lowest BCUT2D eigenvalue weighted by Crippen LogP contribution is -2.52. The van der Waals surface area contributed by atoms with Crippen LogP contribution in [0.25, 0.3) is 0 Å². The number of carbonyl (C=O) groups excluding carboxylic acids is 1. The molecule has 2 rings (SSSR count). The molecular formula is C14H20BrClN2O2. The Bertz CT molecular complexity index is 451. The van der Waals surface area contributed by atoms with Gasteiger partial charge in [-0.05, 0) is 31.0 Å². The van der Waals surface area contributed by atoms with Gasteiger partial charge in [0.2, 0.25) is 0 Å². The second-order valence-corrected chi connectivity index (χ2v) is 5.90. The molecule has 0 unspecified atom stereocenters. The Morgan fingerprint density at radius 3 is 2.70 bits per heavy atom. The van der Waals surface area contributed by atoms with Gasteiger partial charge in [-0.1, -0.05) is 34.8 Å². The second kappa shape index (κ2) is 7.86. The average molecular weight is 364 g/mol. The molecule has 1 saturated carbocycles. The van der Waals surface area contributed by atoms with Crippen LogP contribution in [0.3, 0.4) is 0 Å². The summed E-state index contributed by atoms with van der Waals surface area (Å²) in [5.41, 5.74) is 5.57. The molecule has 1 aromatic carbocycles. The summed E-state index contributed by atoms with van der Waals surface area (Å²) in [5.74, 6) is 0.574. The van der Waals surface area contributed by atoms with Crippen LogP contribution in [0.2, 0.25) is 0 Å². The van der Waals surface area contributed by atoms with Gasteiger partial charge in [0.25, 0.3) is 5.91 Å². The lowest BCUT2D eigenvalue weighted by molar-refractivity contribution is -0.124. The number of rotatable bonds is 5. The Morgan fingerprint density at radius 1 is 1.40 bits per heavy atom. The maximum Gasteiger partial charge on any atom is 0.258 e. The molecule has 4 nitrogen and oxygen atoms in total. The summed E-state index contributed by atoms with van der Waals surface area (Å²) in [4.78, 5) is 11.9. The number of hydrogen-bond acceptors (Lipinski definition) is 3. The van der Waals surface area contributed by atoms with E-state index in [0.717, 1.165) is 30.2 Å². The minimum atomic E-state index is -0.211. The van der Waals surface area contributed by atoms with E-state index in [4.69, 9.17) is 10.5 Å². The topological polar surface area (TPSA) is 64.3 Å². The third-order valence-corrected chi connectivity index (χ3v) is 4.02. The molecule has 1 aliphatic carbocycles. The van der Waals surface area contributed by atoms with Gasteiger partial charge in [0.15, 0.2) is 6.61 Å². The van der Waals surface area contributed by atoms with Crippen LogP contribution in [0.4, 0.5) is 0 Å². The van der Waals surface area contributed by atoms with Crippen LogP contribution >= 0.6 is 28.3 Å². The van der Waals surface area contributed by atoms with Gasteiger partial charge < -0.3 is 15.8 Å². The van der Waals surface area contributed by atoms with E-state index >= 15 is 0 Å². The molecule has 1 aliphatic rings. The van der Waals surface area contributed by atoms with Crippen molar-refractivity contribution in [1.82, 2.24) is 5.32 Å². The van der Waals surface area contributed by atoms with Crippen LogP contribution in [0.5, 0.6) is 5.75 Å². The van der Waals surface area contributed by atoms with Crippen molar-refractivity contribution in [2.75, 3.05) is 13.2 Å². The van der Waals surface area contributed by atoms with E-state index in [-0.39, 0.29) is 30.5 Å². The van der Waals surface area contributed by atoms with Crippen molar-refractivity contribution < 1.29 is 9.53 Å². The molecule has 1 amide bonds. The summed E-state index contributed by atoms with van der Waals surface area (Å²) in [5, 5.41) is 3.03. The van der Waals surface area contributed by atoms with Crippen molar-refractivity contribution in [2.24, 2.45) is 5.73 Å². The number of hydrogen-bond donors (Lipinski definition) is 2. The number of nitrogens with two attached hydrogens (primary N) is 1. The predicted octanol–water partition coefficient (Wildman–Crippen LogP) is 2.64. The van der Waals surface area contributed by atoms with Crippen LogP contribution in [0.15, 0.2) is 28.7 Å². The minimum Gasteiger partial charge on any atom is -0.484 e. The molecule has 0 atom stereocenters. The number of ether oxygens (including phenoxy) is 1. The summed E-state index contributed by atoms with van der Waals surface area (Å²) in [6, 6.07) is 7.44. The van der Waals surface area contributed by atoms with Crippen LogP contribution in [0.1, 0.15) is 25.7 Å². The lowest BCUT2D eigenvalue weighted by atomic mass is 9.98. The standard InChI is InChI=1S/C14H19BrN2O2.ClH/c15-11-4-3-5-12(8-11)19-9-13(18)17-14(10-16)6-1-2-7-14;/h3-5,8H,1-2,6-7,9-10,16H2,(H,17,18);1H. The van der Waals surface area contributed by atoms with Crippen molar-refractivity contribution in [3.05, 3.63) is 28.7 Å². The van der Waals surface area contributed by atoms with Gasteiger partial charge in [-0.15, -0.1) is 12.4 Å². The molecule has 0 bridgehead atoms. The van der Waals surface area contributed by atoms with Gasteiger partial charge in [0.1, 0.15) is 5.75 Å². The van der Waals surface area contributed by atoms with Crippen molar-refractivity contribution in [3.63, 3.8) is 0 Å². The zero-order chi connectivity index (χ0) is 13.7. The zero-order valence-electron chi connectivity index (χ0n) is 11.2. The summed E-state index contributed by atoms with van der Waals surface area (Å²) in [7, 11) is 0. The van der Waals surface area contributed by atoms with E-state index in [1.54, 1.807) is 0 Å². The van der Waals surface area contributed by atoms with Crippen molar-refractivity contribution in [2.45, 2.75) is 31.2 Å². The molecular weight excluding hydrogens is 344 g/mol. The van der Waals surface area contributed by atoms with Gasteiger partial charge in [-0.25, -0.2) is 0 Å². The van der Waals surface area contributed by atoms with E-state index in [2.05, 4.69) is 21.2 Å². The summed E-state index contributed by atoms with van der Waals surface area (Å²) in [6.45, 7) is 0.522. The Hall–Kier alpha value is -0.780. The van der Waals surface area contributed by atoms with Crippen LogP contribution in [-0.4, -0.2) is 24.6 Å². The van der Waals surface area contributed by atoms with E-state index < -0.39 is 0 Å². The smallest absolute Gasteiger partial charge is 0.258 e. The quantitative estimate of drug-likeness (QED) is 0.845. The first kappa shape index (κ1) is 17.3. The van der Waals surface area contributed by atoms with Gasteiger partial charge in [0, 0.05) is 11.0 Å². The molecule has 0 saturated heterocycles. The third-order valence-electron chi connectivity index (χ3n) is 3.52. The maximum atomic E-state index is 11.9. The summed E-state index contributed by atoms with van der Waals surface area (Å²) in [6.07, 6.45) is 4.19. The molecule has 20 heavy (non-hydrogen) atoms. The van der Waals surface area contributed by atoms with E-state index in [1.807, 2.05) is 24.3 Å². The largest absolute Gasteiger partial charge is 0.484 e. The zero-order valence-corrected chi connectivity index (χ0v) is 13.6. The minimum absolute atomic E-state index is 0. The molecule has 0 aromatic heterocycles. The summed E-state index contributed by atoms with van der Waals surface area (Å²) >= 11 is 3.36. The number of halogens is 2. The van der Waals surface area contributed by atoms with E-state index in [1.165, 1.54) is 0 Å². The van der Waals surface area contributed by atoms with Crippen molar-refractivity contribution >= 4 is 34.2 Å². The monoisotopic (exact) mass is 362 g/mol. The Morgan fingerprint density at radius 2 is 2.10 bits per heavy atom. The van der Waals surface area contributed by atoms with Gasteiger partial charge in [-0.3, -0.25) is 4.79 Å². The molecule has 1 aromatic rings. The predicted molar refractivity (Wildman–Crippen MR) is 85.3 cm³/mol. The highest BCUT2D eigenvalue weighted by molar-refractivity contribution is 9.10. The van der Waals surface area contributed by atoms with E-state index in [9.17, 15) is 4.79 Å². The molecule has 0 spiro atoms. The third kappa shape index (κ3) is 4.65. The molecule has 112 valence electrons. The SMILES string of the molecule is Cl.NCC1(NC(=O)COc2cccc(Br)c2)CCCC1. The number of nitrogens with one attached hydrogen (secondary N) is 1. The maximum absolute atomic E-state index is 11.9. The normalized spacial score (nSPS) is 16.3. The fourth-order valence-corrected chi connectivity index (χ4v) is 2.85. The molecule has 1 fully saturated rings. The first-order valence-corrected chi connectivity index (χ1v) is 7.32. The highest BCUT2D eigenvalue weighted by Gasteiger charge is 2.33. The second-order valence-electron chi connectivity index (χ2n) is 4.99. The molecule has 0 aliphatic heterocycles. The number of amides is 1. The van der Waals surface area contributed by atoms with Crippen LogP contribution < -0.4 is 15.8 Å². The fraction of sp³-hybridized carbons (Fsp3) is 0.500. The molecule has 3 N–H and O–H groups in total. The highest BCUT2D eigenvalue weighted by atomic mass is 79.9. The molecule has 0 radical (unpaired) electrons. The lowest BCUT2D eigenvalue weighted by Gasteiger charge is -2.28. The van der Waals surface area contributed by atoms with Crippen molar-refractivity contribution in [1.29, 1.82) is 0 Å². The van der Waals surface area contributed by atoms with Crippen LogP contribution in [0, 0.1) is 0 Å². The molecule has 6 heteroatoms. The highest BCUT2D eigenvalue weighted by Crippen LogP contribution is 2.28. The van der Waals surface area contributed by atoms with Gasteiger partial charge in [-0.2, -0.15) is 0 Å². The van der Waals surface area contributed by atoms with E-state index in [0.29, 0.717) is 12.3 Å². The Kier molecular flexibility index (Phi) is 6.79. The first-order chi connectivity index (χ1) is 9.13. The Balaban J connectivity index is 0.00000200.